The van der Waals surface area contributed by atoms with Gasteiger partial charge in [-0.1, -0.05) is 131 Å². The summed E-state index contributed by atoms with van der Waals surface area (Å²) in [5.74, 6) is 2.20. The Labute approximate surface area is 249 Å². The van der Waals surface area contributed by atoms with Crippen LogP contribution in [-0.4, -0.2) is 0 Å². The standard InChI is InChI=1S/C41H48/c1-10-11-28(7)39-29(8)20-37-23-36(30(9)40(37)41(39)33-18-16-32(17-19-33)25(2)3)22-31-13-15-34(21-31)35-14-12-27(6)38(24-35)26(4)5/h12-20,22,24-25,29,39-41H,4,7,9-11,21,23H2,1-3,5-6,8H3/b36-22-. The van der Waals surface area contributed by atoms with Crippen LogP contribution in [0.15, 0.2) is 114 Å². The van der Waals surface area contributed by atoms with Crippen LogP contribution >= 0.6 is 0 Å². The smallest absolute Gasteiger partial charge is 0.0123 e. The maximum atomic E-state index is 4.77. The second kappa shape index (κ2) is 11.8. The highest BCUT2D eigenvalue weighted by molar-refractivity contribution is 5.77. The zero-order chi connectivity index (χ0) is 29.4. The van der Waals surface area contributed by atoms with Crippen molar-refractivity contribution in [1.82, 2.24) is 0 Å². The van der Waals surface area contributed by atoms with E-state index in [1.165, 1.54) is 55.7 Å². The summed E-state index contributed by atoms with van der Waals surface area (Å²) in [5.41, 5.74) is 16.3. The molecule has 4 unspecified atom stereocenters. The van der Waals surface area contributed by atoms with Crippen LogP contribution in [0.5, 0.6) is 0 Å². The van der Waals surface area contributed by atoms with E-state index in [9.17, 15) is 0 Å². The van der Waals surface area contributed by atoms with Gasteiger partial charge in [0.1, 0.15) is 0 Å². The Kier molecular flexibility index (Phi) is 8.42. The predicted octanol–water partition coefficient (Wildman–Crippen LogP) is 11.7. The summed E-state index contributed by atoms with van der Waals surface area (Å²) in [4.78, 5) is 0. The van der Waals surface area contributed by atoms with E-state index in [1.54, 1.807) is 5.57 Å². The highest BCUT2D eigenvalue weighted by Crippen LogP contribution is 2.57. The summed E-state index contributed by atoms with van der Waals surface area (Å²) in [7, 11) is 0. The van der Waals surface area contributed by atoms with E-state index in [0.29, 0.717) is 29.6 Å². The number of rotatable bonds is 8. The van der Waals surface area contributed by atoms with Gasteiger partial charge in [0.2, 0.25) is 0 Å². The van der Waals surface area contributed by atoms with E-state index < -0.39 is 0 Å². The Morgan fingerprint density at radius 3 is 2.41 bits per heavy atom. The molecule has 0 heteroatoms. The molecule has 3 aliphatic rings. The minimum atomic E-state index is 0.352. The van der Waals surface area contributed by atoms with Gasteiger partial charge in [-0.05, 0) is 107 Å². The third-order valence-corrected chi connectivity index (χ3v) is 9.72. The van der Waals surface area contributed by atoms with Crippen LogP contribution < -0.4 is 0 Å². The van der Waals surface area contributed by atoms with E-state index in [2.05, 4.69) is 121 Å². The second-order valence-electron chi connectivity index (χ2n) is 13.2. The van der Waals surface area contributed by atoms with E-state index in [1.807, 2.05) is 0 Å². The Morgan fingerprint density at radius 2 is 1.76 bits per heavy atom. The molecule has 2 aromatic carbocycles. The van der Waals surface area contributed by atoms with E-state index in [-0.39, 0.29) is 0 Å². The summed E-state index contributed by atoms with van der Waals surface area (Å²) in [6.07, 6.45) is 13.8. The molecule has 0 bridgehead atoms. The molecule has 5 rings (SSSR count). The van der Waals surface area contributed by atoms with E-state index >= 15 is 0 Å². The summed E-state index contributed by atoms with van der Waals surface area (Å²) < 4.78 is 0. The van der Waals surface area contributed by atoms with Crippen molar-refractivity contribution in [2.45, 2.75) is 79.1 Å². The number of allylic oxidation sites excluding steroid dienone is 11. The lowest BCUT2D eigenvalue weighted by atomic mass is 9.62. The lowest BCUT2D eigenvalue weighted by Gasteiger charge is -2.41. The van der Waals surface area contributed by atoms with Crippen LogP contribution in [0, 0.1) is 24.7 Å². The molecule has 2 aromatic rings. The van der Waals surface area contributed by atoms with E-state index in [4.69, 9.17) is 6.58 Å². The molecule has 0 heterocycles. The van der Waals surface area contributed by atoms with Crippen molar-refractivity contribution in [2.24, 2.45) is 17.8 Å². The molecule has 1 fully saturated rings. The van der Waals surface area contributed by atoms with Crippen LogP contribution in [-0.2, 0) is 0 Å². The first-order valence-electron chi connectivity index (χ1n) is 15.6. The Hall–Kier alpha value is -3.38. The monoisotopic (exact) mass is 540 g/mol. The zero-order valence-electron chi connectivity index (χ0n) is 26.2. The summed E-state index contributed by atoms with van der Waals surface area (Å²) in [6.45, 7) is 27.1. The minimum absolute atomic E-state index is 0.352. The molecule has 0 radical (unpaired) electrons. The lowest BCUT2D eigenvalue weighted by molar-refractivity contribution is 0.322. The van der Waals surface area contributed by atoms with Crippen molar-refractivity contribution in [2.75, 3.05) is 0 Å². The summed E-state index contributed by atoms with van der Waals surface area (Å²) in [6, 6.07) is 16.3. The van der Waals surface area contributed by atoms with Crippen LogP contribution in [0.4, 0.5) is 0 Å². The molecule has 212 valence electrons. The predicted molar refractivity (Wildman–Crippen MR) is 180 cm³/mol. The summed E-state index contributed by atoms with van der Waals surface area (Å²) >= 11 is 0. The highest BCUT2D eigenvalue weighted by atomic mass is 14.5. The Bertz CT molecular complexity index is 1490. The average Bonchev–Trinajstić information content (AvgIpc) is 3.52. The van der Waals surface area contributed by atoms with Crippen molar-refractivity contribution < 1.29 is 0 Å². The van der Waals surface area contributed by atoms with Crippen molar-refractivity contribution in [3.8, 4) is 0 Å². The molecule has 0 nitrogen and oxygen atoms in total. The van der Waals surface area contributed by atoms with Crippen LogP contribution in [0.25, 0.3) is 11.1 Å². The van der Waals surface area contributed by atoms with Crippen molar-refractivity contribution in [3.63, 3.8) is 0 Å². The fourth-order valence-electron chi connectivity index (χ4n) is 7.56. The second-order valence-corrected chi connectivity index (χ2v) is 13.2. The number of hydrogen-bond acceptors (Lipinski definition) is 0. The van der Waals surface area contributed by atoms with Crippen LogP contribution in [0.1, 0.15) is 100.0 Å². The molecule has 0 spiro atoms. The van der Waals surface area contributed by atoms with Gasteiger partial charge < -0.3 is 0 Å². The van der Waals surface area contributed by atoms with Gasteiger partial charge in [-0.2, -0.15) is 0 Å². The number of hydrogen-bond donors (Lipinski definition) is 0. The molecule has 0 aromatic heterocycles. The van der Waals surface area contributed by atoms with Gasteiger partial charge in [-0.3, -0.25) is 0 Å². The molecule has 0 amide bonds. The molecule has 1 saturated carbocycles. The van der Waals surface area contributed by atoms with Gasteiger partial charge >= 0.3 is 0 Å². The molecular weight excluding hydrogens is 492 g/mol. The molecule has 41 heavy (non-hydrogen) atoms. The fourth-order valence-corrected chi connectivity index (χ4v) is 7.56. The maximum absolute atomic E-state index is 4.77. The van der Waals surface area contributed by atoms with Crippen LogP contribution in [0.2, 0.25) is 0 Å². The molecule has 4 atom stereocenters. The lowest BCUT2D eigenvalue weighted by Crippen LogP contribution is -2.31. The highest BCUT2D eigenvalue weighted by Gasteiger charge is 2.45. The van der Waals surface area contributed by atoms with Crippen LogP contribution in [0.3, 0.4) is 0 Å². The third kappa shape index (κ3) is 5.72. The molecule has 0 aliphatic heterocycles. The van der Waals surface area contributed by atoms with Crippen molar-refractivity contribution in [1.29, 1.82) is 0 Å². The number of aryl methyl sites for hydroxylation is 1. The first kappa shape index (κ1) is 29.1. The van der Waals surface area contributed by atoms with Gasteiger partial charge in [0, 0.05) is 11.8 Å². The largest absolute Gasteiger partial charge is 0.0995 e. The first-order valence-corrected chi connectivity index (χ1v) is 15.6. The summed E-state index contributed by atoms with van der Waals surface area (Å²) in [5, 5.41) is 0. The zero-order valence-corrected chi connectivity index (χ0v) is 26.2. The van der Waals surface area contributed by atoms with Gasteiger partial charge in [0.05, 0.1) is 0 Å². The van der Waals surface area contributed by atoms with Gasteiger partial charge in [0.15, 0.2) is 0 Å². The normalized spacial score (nSPS) is 24.8. The van der Waals surface area contributed by atoms with Gasteiger partial charge in [-0.15, -0.1) is 0 Å². The molecule has 0 saturated heterocycles. The third-order valence-electron chi connectivity index (χ3n) is 9.72. The number of benzene rings is 2. The van der Waals surface area contributed by atoms with Gasteiger partial charge in [-0.25, -0.2) is 0 Å². The van der Waals surface area contributed by atoms with Crippen molar-refractivity contribution in [3.05, 3.63) is 142 Å². The van der Waals surface area contributed by atoms with Gasteiger partial charge in [0.25, 0.3) is 0 Å². The SMILES string of the molecule is C=C(C)c1cc(C2=CC=C(/C=C3/CC4=CC(C)C(C(=C)CCC)C(c5ccc(C(C)C)cc5)C4C3=C)C2)ccc1C. The Balaban J connectivity index is 1.43. The molecular formula is C41H48. The average molecular weight is 541 g/mol. The maximum Gasteiger partial charge on any atom is 0.0123 e. The minimum Gasteiger partial charge on any atom is -0.0995 e. The fraction of sp³-hybridized carbons (Fsp3) is 0.366. The Morgan fingerprint density at radius 1 is 1.02 bits per heavy atom. The first-order chi connectivity index (χ1) is 19.6. The van der Waals surface area contributed by atoms with E-state index in [0.717, 1.165) is 31.3 Å². The topological polar surface area (TPSA) is 0 Å². The molecule has 3 aliphatic carbocycles. The number of fused-ring (bicyclic) bond motifs is 1. The van der Waals surface area contributed by atoms with Crippen molar-refractivity contribution >= 4 is 11.1 Å². The quantitative estimate of drug-likeness (QED) is 0.292. The molecule has 0 N–H and O–H groups in total.